The number of anilines is 3. The van der Waals surface area contributed by atoms with Crippen LogP contribution in [0.1, 0.15) is 23.7 Å². The number of sulfonamides is 1. The fraction of sp³-hybridized carbons (Fsp3) is 0.278. The lowest BCUT2D eigenvalue weighted by Gasteiger charge is -2.14. The van der Waals surface area contributed by atoms with Gasteiger partial charge in [0, 0.05) is 11.9 Å². The molecule has 0 spiro atoms. The van der Waals surface area contributed by atoms with Crippen molar-refractivity contribution in [2.45, 2.75) is 13.3 Å². The normalized spacial score (nSPS) is 11.5. The van der Waals surface area contributed by atoms with Crippen molar-refractivity contribution >= 4 is 77.9 Å². The Hall–Kier alpha value is -2.21. The summed E-state index contributed by atoms with van der Waals surface area (Å²) in [5, 5.41) is 7.40. The summed E-state index contributed by atoms with van der Waals surface area (Å²) in [5.41, 5.74) is 0.817. The van der Waals surface area contributed by atoms with Gasteiger partial charge in [0.05, 0.1) is 49.6 Å². The minimum Gasteiger partial charge on any atom is -0.369 e. The van der Waals surface area contributed by atoms with E-state index < -0.39 is 28.4 Å². The standard InChI is InChI=1S/C18H18Cl2FN5O3S2/c1-2-22-17-16-14(23-9-24-17)10(8-30-16)18(27)25-15-11(19)4-5-12(13(15)20)26-31(28,29)7-3-6-21/h4-5,8-9,26H,2-3,6-7H2,1H3,(H,25,27)(H,22,23,24). The quantitative estimate of drug-likeness (QED) is 0.385. The van der Waals surface area contributed by atoms with E-state index in [1.54, 1.807) is 5.38 Å². The summed E-state index contributed by atoms with van der Waals surface area (Å²) < 4.78 is 39.5. The first-order chi connectivity index (χ1) is 14.8. The molecule has 31 heavy (non-hydrogen) atoms. The van der Waals surface area contributed by atoms with Gasteiger partial charge in [-0.15, -0.1) is 11.3 Å². The highest BCUT2D eigenvalue weighted by Gasteiger charge is 2.21. The van der Waals surface area contributed by atoms with Crippen molar-refractivity contribution in [3.63, 3.8) is 0 Å². The second-order valence-corrected chi connectivity index (χ2v) is 9.79. The van der Waals surface area contributed by atoms with Crippen molar-refractivity contribution in [3.05, 3.63) is 39.4 Å². The molecule has 1 amide bonds. The number of amides is 1. The Balaban J connectivity index is 1.90. The van der Waals surface area contributed by atoms with Gasteiger partial charge < -0.3 is 10.6 Å². The number of carbonyl (C=O) groups is 1. The smallest absolute Gasteiger partial charge is 0.258 e. The second kappa shape index (κ2) is 9.94. The first kappa shape index (κ1) is 23.5. The van der Waals surface area contributed by atoms with Crippen LogP contribution in [-0.4, -0.2) is 43.3 Å². The number of thiophene rings is 1. The molecule has 0 bridgehead atoms. The molecule has 2 heterocycles. The second-order valence-electron chi connectivity index (χ2n) is 6.28. The van der Waals surface area contributed by atoms with Crippen molar-refractivity contribution < 1.29 is 17.6 Å². The van der Waals surface area contributed by atoms with E-state index in [1.165, 1.54) is 29.8 Å². The lowest BCUT2D eigenvalue weighted by Crippen LogP contribution is -2.18. The summed E-state index contributed by atoms with van der Waals surface area (Å²) in [6.45, 7) is 1.83. The minimum atomic E-state index is -3.81. The summed E-state index contributed by atoms with van der Waals surface area (Å²) in [7, 11) is -3.81. The predicted molar refractivity (Wildman–Crippen MR) is 124 cm³/mol. The maximum absolute atomic E-state index is 12.9. The fourth-order valence-corrected chi connectivity index (χ4v) is 5.33. The van der Waals surface area contributed by atoms with Crippen LogP contribution in [0.3, 0.4) is 0 Å². The van der Waals surface area contributed by atoms with Gasteiger partial charge in [-0.05, 0) is 25.5 Å². The van der Waals surface area contributed by atoms with Gasteiger partial charge in [-0.3, -0.25) is 13.9 Å². The molecule has 0 saturated heterocycles. The van der Waals surface area contributed by atoms with Gasteiger partial charge in [0.1, 0.15) is 12.1 Å². The molecule has 0 aliphatic heterocycles. The van der Waals surface area contributed by atoms with Crippen LogP contribution in [0.2, 0.25) is 10.0 Å². The van der Waals surface area contributed by atoms with Crippen LogP contribution in [0, 0.1) is 0 Å². The summed E-state index contributed by atoms with van der Waals surface area (Å²) in [5.74, 6) is -0.301. The van der Waals surface area contributed by atoms with Crippen LogP contribution in [-0.2, 0) is 10.0 Å². The third kappa shape index (κ3) is 5.35. The highest BCUT2D eigenvalue weighted by atomic mass is 35.5. The number of rotatable bonds is 9. The average molecular weight is 506 g/mol. The number of benzene rings is 1. The predicted octanol–water partition coefficient (Wildman–Crippen LogP) is 4.78. The van der Waals surface area contributed by atoms with E-state index in [4.69, 9.17) is 23.2 Å². The van der Waals surface area contributed by atoms with Crippen molar-refractivity contribution in [3.8, 4) is 0 Å². The lowest BCUT2D eigenvalue weighted by atomic mass is 10.2. The molecular weight excluding hydrogens is 488 g/mol. The van der Waals surface area contributed by atoms with Gasteiger partial charge in [0.15, 0.2) is 0 Å². The third-order valence-electron chi connectivity index (χ3n) is 4.08. The number of hydrogen-bond acceptors (Lipinski definition) is 7. The summed E-state index contributed by atoms with van der Waals surface area (Å²) in [4.78, 5) is 21.3. The molecule has 0 saturated carbocycles. The zero-order chi connectivity index (χ0) is 22.6. The number of nitrogens with one attached hydrogen (secondary N) is 3. The molecule has 13 heteroatoms. The molecule has 0 unspecified atom stereocenters. The van der Waals surface area contributed by atoms with Crippen LogP contribution in [0.15, 0.2) is 23.8 Å². The Morgan fingerprint density at radius 1 is 1.26 bits per heavy atom. The van der Waals surface area contributed by atoms with Crippen LogP contribution in [0.4, 0.5) is 21.6 Å². The Morgan fingerprint density at radius 3 is 2.74 bits per heavy atom. The van der Waals surface area contributed by atoms with Crippen molar-refractivity contribution in [2.24, 2.45) is 0 Å². The average Bonchev–Trinajstić information content (AvgIpc) is 3.17. The van der Waals surface area contributed by atoms with Crippen molar-refractivity contribution in [1.82, 2.24) is 9.97 Å². The summed E-state index contributed by atoms with van der Waals surface area (Å²) in [6.07, 6.45) is 1.21. The van der Waals surface area contributed by atoms with Gasteiger partial charge in [-0.25, -0.2) is 18.4 Å². The number of carbonyl (C=O) groups excluding carboxylic acids is 1. The van der Waals surface area contributed by atoms with E-state index in [-0.39, 0.29) is 27.8 Å². The molecule has 0 fully saturated rings. The highest BCUT2D eigenvalue weighted by Crippen LogP contribution is 2.38. The number of fused-ring (bicyclic) bond motifs is 1. The molecule has 1 aromatic carbocycles. The van der Waals surface area contributed by atoms with E-state index in [0.717, 1.165) is 4.70 Å². The van der Waals surface area contributed by atoms with Gasteiger partial charge in [0.25, 0.3) is 5.91 Å². The van der Waals surface area contributed by atoms with Crippen LogP contribution < -0.4 is 15.4 Å². The number of aromatic nitrogens is 2. The summed E-state index contributed by atoms with van der Waals surface area (Å²) >= 11 is 13.8. The van der Waals surface area contributed by atoms with E-state index in [9.17, 15) is 17.6 Å². The van der Waals surface area contributed by atoms with E-state index in [0.29, 0.717) is 23.4 Å². The molecule has 3 rings (SSSR count). The van der Waals surface area contributed by atoms with Crippen molar-refractivity contribution in [1.29, 1.82) is 0 Å². The van der Waals surface area contributed by atoms with Crippen LogP contribution in [0.5, 0.6) is 0 Å². The molecule has 0 atom stereocenters. The zero-order valence-corrected chi connectivity index (χ0v) is 19.4. The lowest BCUT2D eigenvalue weighted by molar-refractivity contribution is 0.102. The topological polar surface area (TPSA) is 113 Å². The van der Waals surface area contributed by atoms with E-state index in [1.807, 2.05) is 6.92 Å². The molecule has 3 aromatic rings. The van der Waals surface area contributed by atoms with E-state index >= 15 is 0 Å². The molecule has 3 N–H and O–H groups in total. The fourth-order valence-electron chi connectivity index (χ4n) is 2.70. The molecule has 0 aliphatic carbocycles. The van der Waals surface area contributed by atoms with Crippen molar-refractivity contribution in [2.75, 3.05) is 34.3 Å². The maximum Gasteiger partial charge on any atom is 0.258 e. The third-order valence-corrected chi connectivity index (χ3v) is 7.12. The molecule has 0 radical (unpaired) electrons. The van der Waals surface area contributed by atoms with Crippen LogP contribution >= 0.6 is 34.5 Å². The number of nitrogens with zero attached hydrogens (tertiary/aromatic N) is 2. The molecule has 166 valence electrons. The SMILES string of the molecule is CCNc1ncnc2c(C(=O)Nc3c(Cl)ccc(NS(=O)(=O)CCCF)c3Cl)csc12. The first-order valence-electron chi connectivity index (χ1n) is 9.09. The Bertz CT molecular complexity index is 1220. The Morgan fingerprint density at radius 2 is 2.03 bits per heavy atom. The number of alkyl halides is 1. The van der Waals surface area contributed by atoms with Gasteiger partial charge in [0.2, 0.25) is 10.0 Å². The van der Waals surface area contributed by atoms with Crippen LogP contribution in [0.25, 0.3) is 10.2 Å². The monoisotopic (exact) mass is 505 g/mol. The van der Waals surface area contributed by atoms with E-state index in [2.05, 4.69) is 25.3 Å². The Kier molecular flexibility index (Phi) is 7.52. The Labute approximate surface area is 192 Å². The largest absolute Gasteiger partial charge is 0.369 e. The van der Waals surface area contributed by atoms with Gasteiger partial charge >= 0.3 is 0 Å². The molecule has 8 nitrogen and oxygen atoms in total. The number of hydrogen-bond donors (Lipinski definition) is 3. The number of halogens is 3. The van der Waals surface area contributed by atoms with Gasteiger partial charge in [-0.1, -0.05) is 23.2 Å². The molecule has 0 aliphatic rings. The molecule has 2 aromatic heterocycles. The highest BCUT2D eigenvalue weighted by molar-refractivity contribution is 7.92. The first-order valence-corrected chi connectivity index (χ1v) is 12.4. The molecular formula is C18H18Cl2FN5O3S2. The zero-order valence-electron chi connectivity index (χ0n) is 16.2. The summed E-state index contributed by atoms with van der Waals surface area (Å²) in [6, 6.07) is 2.76. The minimum absolute atomic E-state index is 0.0205. The van der Waals surface area contributed by atoms with Gasteiger partial charge in [-0.2, -0.15) is 0 Å². The maximum atomic E-state index is 12.9.